The van der Waals surface area contributed by atoms with Crippen molar-refractivity contribution >= 4 is 26.0 Å². The number of hydrogen-bond donors (Lipinski definition) is 1. The Morgan fingerprint density at radius 3 is 2.58 bits per heavy atom. The lowest BCUT2D eigenvalue weighted by Gasteiger charge is -2.30. The van der Waals surface area contributed by atoms with Gasteiger partial charge in [-0.1, -0.05) is 0 Å². The van der Waals surface area contributed by atoms with Crippen molar-refractivity contribution < 1.29 is 12.8 Å². The first-order valence-electron chi connectivity index (χ1n) is 6.07. The maximum absolute atomic E-state index is 13.2. The molecule has 1 heterocycles. The third kappa shape index (κ3) is 3.16. The summed E-state index contributed by atoms with van der Waals surface area (Å²) >= 11 is 3.02. The van der Waals surface area contributed by atoms with E-state index < -0.39 is 15.8 Å². The van der Waals surface area contributed by atoms with E-state index in [1.54, 1.807) is 7.05 Å². The number of nitrogens with zero attached hydrogens (tertiary/aromatic N) is 1. The Kier molecular flexibility index (Phi) is 4.60. The summed E-state index contributed by atoms with van der Waals surface area (Å²) in [5.41, 5.74) is 0. The van der Waals surface area contributed by atoms with Crippen molar-refractivity contribution in [3.05, 3.63) is 28.5 Å². The zero-order valence-electron chi connectivity index (χ0n) is 10.6. The van der Waals surface area contributed by atoms with Crippen molar-refractivity contribution in [3.8, 4) is 0 Å². The van der Waals surface area contributed by atoms with Gasteiger partial charge in [-0.2, -0.15) is 4.31 Å². The number of piperidine rings is 1. The van der Waals surface area contributed by atoms with Gasteiger partial charge >= 0.3 is 0 Å². The number of benzene rings is 1. The molecule has 1 fully saturated rings. The third-order valence-corrected chi connectivity index (χ3v) is 5.90. The van der Waals surface area contributed by atoms with Crippen LogP contribution in [0.3, 0.4) is 0 Å². The van der Waals surface area contributed by atoms with Gasteiger partial charge in [0.05, 0.1) is 9.37 Å². The molecule has 19 heavy (non-hydrogen) atoms. The number of rotatable bonds is 3. The lowest BCUT2D eigenvalue weighted by atomic mass is 10.1. The minimum absolute atomic E-state index is 0.00456. The van der Waals surface area contributed by atoms with Gasteiger partial charge < -0.3 is 5.32 Å². The summed E-state index contributed by atoms with van der Waals surface area (Å²) in [5.74, 6) is -0.469. The van der Waals surface area contributed by atoms with E-state index in [1.165, 1.54) is 16.4 Å². The molecule has 1 aromatic carbocycles. The highest BCUT2D eigenvalue weighted by molar-refractivity contribution is 9.10. The predicted octanol–water partition coefficient (Wildman–Crippen LogP) is 1.96. The molecule has 2 rings (SSSR count). The van der Waals surface area contributed by atoms with Crippen molar-refractivity contribution in [2.24, 2.45) is 0 Å². The molecule has 1 aliphatic heterocycles. The smallest absolute Gasteiger partial charge is 0.243 e. The first-order chi connectivity index (χ1) is 8.93. The molecule has 0 unspecified atom stereocenters. The molecular formula is C12H16BrFN2O2S. The summed E-state index contributed by atoms with van der Waals surface area (Å²) in [4.78, 5) is 0.113. The Labute approximate surface area is 121 Å². The quantitative estimate of drug-likeness (QED) is 0.906. The van der Waals surface area contributed by atoms with Gasteiger partial charge in [0.15, 0.2) is 0 Å². The van der Waals surface area contributed by atoms with E-state index in [1.807, 2.05) is 0 Å². The molecular weight excluding hydrogens is 335 g/mol. The summed E-state index contributed by atoms with van der Waals surface area (Å²) in [6.45, 7) is 1.63. The Hall–Kier alpha value is -0.500. The summed E-state index contributed by atoms with van der Waals surface area (Å²) in [6.07, 6.45) is 1.58. The molecule has 0 atom stereocenters. The largest absolute Gasteiger partial charge is 0.317 e. The van der Waals surface area contributed by atoms with E-state index in [4.69, 9.17) is 0 Å². The Morgan fingerprint density at radius 1 is 1.37 bits per heavy atom. The molecule has 4 nitrogen and oxygen atoms in total. The lowest BCUT2D eigenvalue weighted by molar-refractivity contribution is 0.296. The molecule has 0 aromatic heterocycles. The van der Waals surface area contributed by atoms with Gasteiger partial charge in [0.1, 0.15) is 5.82 Å². The first-order valence-corrected chi connectivity index (χ1v) is 8.30. The van der Waals surface area contributed by atoms with E-state index >= 15 is 0 Å². The second-order valence-electron chi connectivity index (χ2n) is 4.58. The number of hydrogen-bond acceptors (Lipinski definition) is 3. The molecule has 0 amide bonds. The SMILES string of the molecule is CN(C1CCNCC1)S(=O)(=O)c1ccc(F)c(Br)c1. The van der Waals surface area contributed by atoms with Crippen LogP contribution in [0.25, 0.3) is 0 Å². The molecule has 1 aliphatic rings. The number of sulfonamides is 1. The first kappa shape index (κ1) is 14.9. The molecule has 0 saturated carbocycles. The number of halogens is 2. The van der Waals surface area contributed by atoms with Gasteiger partial charge in [-0.05, 0) is 60.1 Å². The summed E-state index contributed by atoms with van der Waals surface area (Å²) in [6, 6.07) is 3.76. The van der Waals surface area contributed by atoms with Gasteiger partial charge in [-0.15, -0.1) is 0 Å². The molecule has 0 bridgehead atoms. The lowest BCUT2D eigenvalue weighted by Crippen LogP contribution is -2.43. The van der Waals surface area contributed by atoms with Crippen molar-refractivity contribution in [2.45, 2.75) is 23.8 Å². The molecule has 7 heteroatoms. The van der Waals surface area contributed by atoms with Crippen LogP contribution in [0.4, 0.5) is 4.39 Å². The second-order valence-corrected chi connectivity index (χ2v) is 7.43. The summed E-state index contributed by atoms with van der Waals surface area (Å²) in [7, 11) is -1.98. The highest BCUT2D eigenvalue weighted by Crippen LogP contribution is 2.24. The van der Waals surface area contributed by atoms with Crippen molar-refractivity contribution in [1.29, 1.82) is 0 Å². The summed E-state index contributed by atoms with van der Waals surface area (Å²) < 4.78 is 39.6. The molecule has 0 aliphatic carbocycles. The van der Waals surface area contributed by atoms with Gasteiger partial charge in [0, 0.05) is 13.1 Å². The zero-order chi connectivity index (χ0) is 14.0. The average Bonchev–Trinajstić information content (AvgIpc) is 2.41. The highest BCUT2D eigenvalue weighted by atomic mass is 79.9. The molecule has 1 N–H and O–H groups in total. The van der Waals surface area contributed by atoms with E-state index in [9.17, 15) is 12.8 Å². The van der Waals surface area contributed by atoms with Crippen LogP contribution in [0, 0.1) is 5.82 Å². The maximum Gasteiger partial charge on any atom is 0.243 e. The van der Waals surface area contributed by atoms with Crippen LogP contribution < -0.4 is 5.32 Å². The van der Waals surface area contributed by atoms with Crippen LogP contribution >= 0.6 is 15.9 Å². The molecule has 0 radical (unpaired) electrons. The van der Waals surface area contributed by atoms with Crippen molar-refractivity contribution in [2.75, 3.05) is 20.1 Å². The Bertz CT molecular complexity index is 559. The fraction of sp³-hybridized carbons (Fsp3) is 0.500. The van der Waals surface area contributed by atoms with Crippen LogP contribution in [0.2, 0.25) is 0 Å². The van der Waals surface area contributed by atoms with Crippen LogP contribution in [0.1, 0.15) is 12.8 Å². The van der Waals surface area contributed by atoms with Crippen molar-refractivity contribution in [3.63, 3.8) is 0 Å². The Balaban J connectivity index is 2.27. The minimum Gasteiger partial charge on any atom is -0.317 e. The fourth-order valence-electron chi connectivity index (χ4n) is 2.17. The standard InChI is InChI=1S/C12H16BrFN2O2S/c1-16(9-4-6-15-7-5-9)19(17,18)10-2-3-12(14)11(13)8-10/h2-3,8-9,15H,4-7H2,1H3. The van der Waals surface area contributed by atoms with Gasteiger partial charge in [0.2, 0.25) is 10.0 Å². The van der Waals surface area contributed by atoms with Crippen LogP contribution in [-0.4, -0.2) is 38.9 Å². The molecule has 0 spiro atoms. The normalized spacial score (nSPS) is 17.9. The topological polar surface area (TPSA) is 49.4 Å². The monoisotopic (exact) mass is 350 g/mol. The summed E-state index contributed by atoms with van der Waals surface area (Å²) in [5, 5.41) is 3.20. The van der Waals surface area contributed by atoms with Gasteiger partial charge in [-0.3, -0.25) is 0 Å². The van der Waals surface area contributed by atoms with Crippen LogP contribution in [0.15, 0.2) is 27.6 Å². The molecule has 106 valence electrons. The molecule has 1 saturated heterocycles. The van der Waals surface area contributed by atoms with Crippen LogP contribution in [-0.2, 0) is 10.0 Å². The van der Waals surface area contributed by atoms with Crippen molar-refractivity contribution in [1.82, 2.24) is 9.62 Å². The zero-order valence-corrected chi connectivity index (χ0v) is 13.0. The Morgan fingerprint density at radius 2 is 2.00 bits per heavy atom. The second kappa shape index (κ2) is 5.87. The minimum atomic E-state index is -3.57. The van der Waals surface area contributed by atoms with E-state index in [-0.39, 0.29) is 15.4 Å². The third-order valence-electron chi connectivity index (χ3n) is 3.39. The van der Waals surface area contributed by atoms with Gasteiger partial charge in [-0.25, -0.2) is 12.8 Å². The van der Waals surface area contributed by atoms with E-state index in [0.717, 1.165) is 32.0 Å². The predicted molar refractivity (Wildman–Crippen MR) is 74.9 cm³/mol. The van der Waals surface area contributed by atoms with E-state index in [0.29, 0.717) is 0 Å². The molecule has 1 aromatic rings. The van der Waals surface area contributed by atoms with Crippen LogP contribution in [0.5, 0.6) is 0 Å². The number of nitrogens with one attached hydrogen (secondary N) is 1. The fourth-order valence-corrected chi connectivity index (χ4v) is 4.14. The van der Waals surface area contributed by atoms with Gasteiger partial charge in [0.25, 0.3) is 0 Å². The maximum atomic E-state index is 13.2. The van der Waals surface area contributed by atoms with E-state index in [2.05, 4.69) is 21.2 Å². The average molecular weight is 351 g/mol. The highest BCUT2D eigenvalue weighted by Gasteiger charge is 2.29.